The zero-order chi connectivity index (χ0) is 21.6. The molecule has 31 heavy (non-hydrogen) atoms. The van der Waals surface area contributed by atoms with E-state index in [-0.39, 0.29) is 5.91 Å². The number of thiophene rings is 1. The van der Waals surface area contributed by atoms with E-state index in [0.29, 0.717) is 6.61 Å². The van der Waals surface area contributed by atoms with Crippen LogP contribution in [0, 0.1) is 0 Å². The van der Waals surface area contributed by atoms with Gasteiger partial charge in [-0.25, -0.2) is 0 Å². The standard InChI is InChI=1S/C25H27ClN2O2S/c1-2-19-5-9-23(10-6-19)30-17-21-15-24(31-18-21)25(29)28-13-11-27(12-14-28)16-20-3-7-22(26)8-4-20/h3-10,15,18H,2,11-14,16-17H2,1H3. The van der Waals surface area contributed by atoms with Crippen molar-refractivity contribution in [3.05, 3.63) is 86.6 Å². The van der Waals surface area contributed by atoms with Crippen LogP contribution in [-0.2, 0) is 19.6 Å². The van der Waals surface area contributed by atoms with Crippen molar-refractivity contribution in [1.29, 1.82) is 0 Å². The molecule has 2 aromatic carbocycles. The number of carbonyl (C=O) groups is 1. The Morgan fingerprint density at radius 3 is 2.32 bits per heavy atom. The van der Waals surface area contributed by atoms with Crippen LogP contribution in [0.1, 0.15) is 33.3 Å². The summed E-state index contributed by atoms with van der Waals surface area (Å²) in [5.41, 5.74) is 3.58. The third kappa shape index (κ3) is 5.88. The van der Waals surface area contributed by atoms with Crippen LogP contribution in [0.3, 0.4) is 0 Å². The summed E-state index contributed by atoms with van der Waals surface area (Å²) < 4.78 is 5.87. The molecule has 0 aliphatic carbocycles. The van der Waals surface area contributed by atoms with E-state index >= 15 is 0 Å². The van der Waals surface area contributed by atoms with Gasteiger partial charge < -0.3 is 9.64 Å². The van der Waals surface area contributed by atoms with E-state index in [0.717, 1.165) is 60.4 Å². The van der Waals surface area contributed by atoms with Gasteiger partial charge in [0.2, 0.25) is 0 Å². The summed E-state index contributed by atoms with van der Waals surface area (Å²) in [6.07, 6.45) is 1.02. The molecule has 2 heterocycles. The minimum Gasteiger partial charge on any atom is -0.489 e. The van der Waals surface area contributed by atoms with Gasteiger partial charge in [0.05, 0.1) is 4.88 Å². The Morgan fingerprint density at radius 2 is 1.65 bits per heavy atom. The van der Waals surface area contributed by atoms with Crippen LogP contribution in [0.2, 0.25) is 5.02 Å². The molecule has 4 rings (SSSR count). The van der Waals surface area contributed by atoms with Crippen LogP contribution >= 0.6 is 22.9 Å². The molecule has 1 fully saturated rings. The summed E-state index contributed by atoms with van der Waals surface area (Å²) in [5.74, 6) is 0.975. The highest BCUT2D eigenvalue weighted by atomic mass is 35.5. The first-order valence-electron chi connectivity index (χ1n) is 10.7. The molecule has 1 aromatic heterocycles. The monoisotopic (exact) mass is 454 g/mol. The van der Waals surface area contributed by atoms with E-state index in [9.17, 15) is 4.79 Å². The predicted octanol–water partition coefficient (Wildman–Crippen LogP) is 5.50. The summed E-state index contributed by atoms with van der Waals surface area (Å²) in [6, 6.07) is 18.1. The smallest absolute Gasteiger partial charge is 0.264 e. The number of rotatable bonds is 7. The molecule has 0 atom stereocenters. The largest absolute Gasteiger partial charge is 0.489 e. The Bertz CT molecular complexity index is 993. The number of nitrogens with zero attached hydrogens (tertiary/aromatic N) is 2. The second-order valence-electron chi connectivity index (χ2n) is 7.80. The van der Waals surface area contributed by atoms with Gasteiger partial charge >= 0.3 is 0 Å². The lowest BCUT2D eigenvalue weighted by molar-refractivity contribution is 0.0633. The van der Waals surface area contributed by atoms with Crippen molar-refractivity contribution in [2.75, 3.05) is 26.2 Å². The van der Waals surface area contributed by atoms with E-state index in [1.54, 1.807) is 0 Å². The predicted molar refractivity (Wildman–Crippen MR) is 127 cm³/mol. The van der Waals surface area contributed by atoms with Gasteiger partial charge in [-0.3, -0.25) is 9.69 Å². The summed E-state index contributed by atoms with van der Waals surface area (Å²) in [6.45, 7) is 6.76. The Labute approximate surface area is 193 Å². The number of piperazine rings is 1. The van der Waals surface area contributed by atoms with Crippen LogP contribution in [0.25, 0.3) is 0 Å². The summed E-state index contributed by atoms with van der Waals surface area (Å²) in [5, 5.41) is 2.78. The number of hydrogen-bond acceptors (Lipinski definition) is 4. The lowest BCUT2D eigenvalue weighted by Gasteiger charge is -2.34. The van der Waals surface area contributed by atoms with Gasteiger partial charge in [0.25, 0.3) is 5.91 Å². The second kappa shape index (κ2) is 10.3. The quantitative estimate of drug-likeness (QED) is 0.472. The fourth-order valence-corrected chi connectivity index (χ4v) is 4.65. The van der Waals surface area contributed by atoms with Crippen molar-refractivity contribution in [2.24, 2.45) is 0 Å². The molecule has 0 radical (unpaired) electrons. The molecule has 6 heteroatoms. The van der Waals surface area contributed by atoms with Gasteiger partial charge in [-0.2, -0.15) is 0 Å². The summed E-state index contributed by atoms with van der Waals surface area (Å²) in [4.78, 5) is 18.0. The highest BCUT2D eigenvalue weighted by Crippen LogP contribution is 2.21. The first kappa shape index (κ1) is 21.9. The van der Waals surface area contributed by atoms with Crippen molar-refractivity contribution in [1.82, 2.24) is 9.80 Å². The van der Waals surface area contributed by atoms with Crippen molar-refractivity contribution in [3.63, 3.8) is 0 Å². The lowest BCUT2D eigenvalue weighted by atomic mass is 10.2. The van der Waals surface area contributed by atoms with Crippen LogP contribution in [0.4, 0.5) is 0 Å². The van der Waals surface area contributed by atoms with Gasteiger partial charge in [-0.05, 0) is 53.3 Å². The van der Waals surface area contributed by atoms with Gasteiger partial charge in [0, 0.05) is 43.3 Å². The molecule has 0 saturated carbocycles. The molecular weight excluding hydrogens is 428 g/mol. The van der Waals surface area contributed by atoms with Crippen molar-refractivity contribution in [2.45, 2.75) is 26.5 Å². The summed E-state index contributed by atoms with van der Waals surface area (Å²) >= 11 is 7.47. The second-order valence-corrected chi connectivity index (χ2v) is 9.15. The molecule has 162 valence electrons. The molecule has 1 amide bonds. The molecule has 0 bridgehead atoms. The highest BCUT2D eigenvalue weighted by molar-refractivity contribution is 7.12. The fraction of sp³-hybridized carbons (Fsp3) is 0.320. The number of hydrogen-bond donors (Lipinski definition) is 0. The van der Waals surface area contributed by atoms with E-state index in [4.69, 9.17) is 16.3 Å². The maximum absolute atomic E-state index is 12.9. The topological polar surface area (TPSA) is 32.8 Å². The third-order valence-electron chi connectivity index (χ3n) is 5.58. The van der Waals surface area contributed by atoms with Crippen LogP contribution in [0.5, 0.6) is 5.75 Å². The number of ether oxygens (including phenoxy) is 1. The number of amides is 1. The molecule has 0 N–H and O–H groups in total. The molecule has 1 aliphatic heterocycles. The first-order valence-corrected chi connectivity index (χ1v) is 11.9. The summed E-state index contributed by atoms with van der Waals surface area (Å²) in [7, 11) is 0. The lowest BCUT2D eigenvalue weighted by Crippen LogP contribution is -2.48. The normalized spacial score (nSPS) is 14.6. The van der Waals surface area contributed by atoms with E-state index in [2.05, 4.69) is 36.1 Å². The number of carbonyl (C=O) groups excluding carboxylic acids is 1. The molecule has 3 aromatic rings. The average Bonchev–Trinajstić information content (AvgIpc) is 3.29. The van der Waals surface area contributed by atoms with Crippen molar-refractivity contribution >= 4 is 28.8 Å². The van der Waals surface area contributed by atoms with Crippen LogP contribution < -0.4 is 4.74 Å². The molecular formula is C25H27ClN2O2S. The Kier molecular flexibility index (Phi) is 7.28. The number of benzene rings is 2. The molecule has 1 saturated heterocycles. The van der Waals surface area contributed by atoms with E-state index < -0.39 is 0 Å². The molecule has 0 unspecified atom stereocenters. The molecule has 4 nitrogen and oxygen atoms in total. The number of aryl methyl sites for hydroxylation is 1. The van der Waals surface area contributed by atoms with Crippen LogP contribution in [0.15, 0.2) is 60.0 Å². The van der Waals surface area contributed by atoms with Crippen molar-refractivity contribution in [3.8, 4) is 5.75 Å². The average molecular weight is 455 g/mol. The minimum absolute atomic E-state index is 0.120. The fourth-order valence-electron chi connectivity index (χ4n) is 3.66. The van der Waals surface area contributed by atoms with Gasteiger partial charge in [0.15, 0.2) is 0 Å². The molecule has 1 aliphatic rings. The maximum Gasteiger partial charge on any atom is 0.264 e. The molecule has 0 spiro atoms. The highest BCUT2D eigenvalue weighted by Gasteiger charge is 2.23. The Hall–Kier alpha value is -2.34. The van der Waals surface area contributed by atoms with Gasteiger partial charge in [-0.1, -0.05) is 42.8 Å². The third-order valence-corrected chi connectivity index (χ3v) is 6.80. The number of halogens is 1. The maximum atomic E-state index is 12.9. The Morgan fingerprint density at radius 1 is 0.968 bits per heavy atom. The zero-order valence-electron chi connectivity index (χ0n) is 17.7. The van der Waals surface area contributed by atoms with Crippen LogP contribution in [-0.4, -0.2) is 41.9 Å². The van der Waals surface area contributed by atoms with Gasteiger partial charge in [-0.15, -0.1) is 11.3 Å². The van der Waals surface area contributed by atoms with E-state index in [1.165, 1.54) is 22.5 Å². The van der Waals surface area contributed by atoms with E-state index in [1.807, 2.05) is 40.6 Å². The SMILES string of the molecule is CCc1ccc(OCc2csc(C(=O)N3CCN(Cc4ccc(Cl)cc4)CC3)c2)cc1. The first-order chi connectivity index (χ1) is 15.1. The van der Waals surface area contributed by atoms with Gasteiger partial charge in [0.1, 0.15) is 12.4 Å². The zero-order valence-corrected chi connectivity index (χ0v) is 19.3. The van der Waals surface area contributed by atoms with Crippen molar-refractivity contribution < 1.29 is 9.53 Å². The minimum atomic E-state index is 0.120. The Balaban J connectivity index is 1.26.